The van der Waals surface area contributed by atoms with Gasteiger partial charge < -0.3 is 5.32 Å². The Morgan fingerprint density at radius 3 is 2.74 bits per heavy atom. The van der Waals surface area contributed by atoms with E-state index in [1.807, 2.05) is 6.07 Å². The predicted octanol–water partition coefficient (Wildman–Crippen LogP) is 2.02. The average molecular weight is 282 g/mol. The Kier molecular flexibility index (Phi) is 4.96. The van der Waals surface area contributed by atoms with Crippen molar-refractivity contribution in [1.29, 1.82) is 0 Å². The minimum Gasteiger partial charge on any atom is -0.313 e. The normalized spacial score (nSPS) is 16.3. The maximum absolute atomic E-state index is 12.2. The quantitative estimate of drug-likeness (QED) is 0.752. The van der Waals surface area contributed by atoms with E-state index >= 15 is 0 Å². The summed E-state index contributed by atoms with van der Waals surface area (Å²) in [7, 11) is -3.35. The SMILES string of the molecule is CCCNCc1cccc(S(=O)(=O)NC2CCC2)c1. The second-order valence-corrected chi connectivity index (χ2v) is 6.79. The topological polar surface area (TPSA) is 58.2 Å². The minimum atomic E-state index is -3.35. The number of sulfonamides is 1. The Labute approximate surface area is 115 Å². The van der Waals surface area contributed by atoms with Gasteiger partial charge in [-0.3, -0.25) is 0 Å². The Bertz CT molecular complexity index is 510. The molecule has 106 valence electrons. The molecule has 2 N–H and O–H groups in total. The Morgan fingerprint density at radius 1 is 1.32 bits per heavy atom. The summed E-state index contributed by atoms with van der Waals surface area (Å²) < 4.78 is 27.1. The molecule has 4 nitrogen and oxygen atoms in total. The van der Waals surface area contributed by atoms with Crippen LogP contribution in [0.4, 0.5) is 0 Å². The van der Waals surface area contributed by atoms with E-state index in [4.69, 9.17) is 0 Å². The largest absolute Gasteiger partial charge is 0.313 e. The molecule has 0 aliphatic heterocycles. The number of hydrogen-bond acceptors (Lipinski definition) is 3. The third-order valence-electron chi connectivity index (χ3n) is 3.39. The molecule has 5 heteroatoms. The lowest BCUT2D eigenvalue weighted by Gasteiger charge is -2.26. The standard InChI is InChI=1S/C14H22N2O2S/c1-2-9-15-11-12-5-3-8-14(10-12)19(17,18)16-13-6-4-7-13/h3,5,8,10,13,15-16H,2,4,6-7,9,11H2,1H3. The maximum atomic E-state index is 12.2. The molecule has 0 aromatic heterocycles. The number of hydrogen-bond donors (Lipinski definition) is 2. The molecule has 0 bridgehead atoms. The van der Waals surface area contributed by atoms with Gasteiger partial charge in [0.25, 0.3) is 0 Å². The van der Waals surface area contributed by atoms with Crippen molar-refractivity contribution in [3.05, 3.63) is 29.8 Å². The van der Waals surface area contributed by atoms with Crippen molar-refractivity contribution in [2.45, 2.75) is 50.1 Å². The van der Waals surface area contributed by atoms with Gasteiger partial charge in [-0.15, -0.1) is 0 Å². The fourth-order valence-corrected chi connectivity index (χ4v) is 3.42. The average Bonchev–Trinajstić information content (AvgIpc) is 2.35. The van der Waals surface area contributed by atoms with Crippen molar-refractivity contribution in [3.8, 4) is 0 Å². The highest BCUT2D eigenvalue weighted by Crippen LogP contribution is 2.21. The molecule has 1 aliphatic rings. The van der Waals surface area contributed by atoms with Crippen molar-refractivity contribution in [2.75, 3.05) is 6.54 Å². The first kappa shape index (κ1) is 14.5. The predicted molar refractivity (Wildman–Crippen MR) is 76.4 cm³/mol. The van der Waals surface area contributed by atoms with Crippen molar-refractivity contribution < 1.29 is 8.42 Å². The van der Waals surface area contributed by atoms with Crippen LogP contribution in [0.5, 0.6) is 0 Å². The van der Waals surface area contributed by atoms with E-state index in [1.165, 1.54) is 0 Å². The van der Waals surface area contributed by atoms with Gasteiger partial charge in [0.15, 0.2) is 0 Å². The minimum absolute atomic E-state index is 0.131. The van der Waals surface area contributed by atoms with E-state index in [9.17, 15) is 8.42 Å². The smallest absolute Gasteiger partial charge is 0.240 e. The highest BCUT2D eigenvalue weighted by atomic mass is 32.2. The van der Waals surface area contributed by atoms with E-state index < -0.39 is 10.0 Å². The van der Waals surface area contributed by atoms with Crippen LogP contribution < -0.4 is 10.0 Å². The summed E-state index contributed by atoms with van der Waals surface area (Å²) in [4.78, 5) is 0.371. The molecular weight excluding hydrogens is 260 g/mol. The molecule has 1 aromatic rings. The first-order chi connectivity index (χ1) is 9.12. The molecule has 0 atom stereocenters. The van der Waals surface area contributed by atoms with Gasteiger partial charge in [0.2, 0.25) is 10.0 Å². The van der Waals surface area contributed by atoms with Gasteiger partial charge in [0.1, 0.15) is 0 Å². The molecule has 1 fully saturated rings. The molecule has 0 spiro atoms. The highest BCUT2D eigenvalue weighted by Gasteiger charge is 2.24. The Morgan fingerprint density at radius 2 is 2.11 bits per heavy atom. The van der Waals surface area contributed by atoms with Crippen molar-refractivity contribution in [1.82, 2.24) is 10.0 Å². The molecular formula is C14H22N2O2S. The molecule has 1 aliphatic carbocycles. The van der Waals surface area contributed by atoms with Gasteiger partial charge >= 0.3 is 0 Å². The Hall–Kier alpha value is -0.910. The van der Waals surface area contributed by atoms with Crippen LogP contribution in [-0.4, -0.2) is 21.0 Å². The van der Waals surface area contributed by atoms with Crippen LogP contribution in [-0.2, 0) is 16.6 Å². The molecule has 1 saturated carbocycles. The molecule has 0 heterocycles. The van der Waals surface area contributed by atoms with Gasteiger partial charge in [0.05, 0.1) is 4.90 Å². The number of benzene rings is 1. The van der Waals surface area contributed by atoms with Crippen LogP contribution >= 0.6 is 0 Å². The highest BCUT2D eigenvalue weighted by molar-refractivity contribution is 7.89. The third-order valence-corrected chi connectivity index (χ3v) is 4.91. The van der Waals surface area contributed by atoms with Crippen LogP contribution in [0.2, 0.25) is 0 Å². The second-order valence-electron chi connectivity index (χ2n) is 5.07. The fraction of sp³-hybridized carbons (Fsp3) is 0.571. The summed E-state index contributed by atoms with van der Waals surface area (Å²) >= 11 is 0. The van der Waals surface area contributed by atoms with E-state index in [1.54, 1.807) is 18.2 Å². The summed E-state index contributed by atoms with van der Waals surface area (Å²) in [6, 6.07) is 7.30. The zero-order valence-corrected chi connectivity index (χ0v) is 12.2. The van der Waals surface area contributed by atoms with Crippen LogP contribution in [0.15, 0.2) is 29.2 Å². The van der Waals surface area contributed by atoms with Crippen LogP contribution in [0.1, 0.15) is 38.2 Å². The lowest BCUT2D eigenvalue weighted by atomic mass is 9.94. The van der Waals surface area contributed by atoms with Gasteiger partial charge in [-0.25, -0.2) is 13.1 Å². The van der Waals surface area contributed by atoms with E-state index in [-0.39, 0.29) is 6.04 Å². The molecule has 19 heavy (non-hydrogen) atoms. The zero-order chi connectivity index (χ0) is 13.7. The summed E-state index contributed by atoms with van der Waals surface area (Å²) in [6.45, 7) is 3.76. The first-order valence-corrected chi connectivity index (χ1v) is 8.42. The number of nitrogens with one attached hydrogen (secondary N) is 2. The molecule has 2 rings (SSSR count). The van der Waals surface area contributed by atoms with Crippen molar-refractivity contribution >= 4 is 10.0 Å². The van der Waals surface area contributed by atoms with Gasteiger partial charge in [-0.1, -0.05) is 25.5 Å². The summed E-state index contributed by atoms with van der Waals surface area (Å²) in [5.41, 5.74) is 1.00. The third kappa shape index (κ3) is 4.03. The Balaban J connectivity index is 2.04. The van der Waals surface area contributed by atoms with Crippen molar-refractivity contribution in [3.63, 3.8) is 0 Å². The molecule has 0 unspecified atom stereocenters. The lowest BCUT2D eigenvalue weighted by molar-refractivity contribution is 0.383. The fourth-order valence-electron chi connectivity index (χ4n) is 2.05. The van der Waals surface area contributed by atoms with E-state index in [0.717, 1.165) is 37.8 Å². The van der Waals surface area contributed by atoms with Crippen LogP contribution in [0.25, 0.3) is 0 Å². The molecule has 0 saturated heterocycles. The summed E-state index contributed by atoms with van der Waals surface area (Å²) in [6.07, 6.45) is 4.10. The monoisotopic (exact) mass is 282 g/mol. The van der Waals surface area contributed by atoms with Gasteiger partial charge in [0, 0.05) is 12.6 Å². The second kappa shape index (κ2) is 6.50. The molecule has 1 aromatic carbocycles. The summed E-state index contributed by atoms with van der Waals surface area (Å²) in [5.74, 6) is 0. The van der Waals surface area contributed by atoms with Crippen molar-refractivity contribution in [2.24, 2.45) is 0 Å². The van der Waals surface area contributed by atoms with Gasteiger partial charge in [-0.05, 0) is 43.5 Å². The lowest BCUT2D eigenvalue weighted by Crippen LogP contribution is -2.39. The first-order valence-electron chi connectivity index (χ1n) is 6.94. The molecule has 0 radical (unpaired) electrons. The molecule has 0 amide bonds. The summed E-state index contributed by atoms with van der Waals surface area (Å²) in [5, 5.41) is 3.28. The number of rotatable bonds is 7. The van der Waals surface area contributed by atoms with Gasteiger partial charge in [-0.2, -0.15) is 0 Å². The van der Waals surface area contributed by atoms with E-state index in [0.29, 0.717) is 11.4 Å². The van der Waals surface area contributed by atoms with Crippen LogP contribution in [0, 0.1) is 0 Å². The van der Waals surface area contributed by atoms with E-state index in [2.05, 4.69) is 17.0 Å². The van der Waals surface area contributed by atoms with Crippen LogP contribution in [0.3, 0.4) is 0 Å². The maximum Gasteiger partial charge on any atom is 0.240 e. The zero-order valence-electron chi connectivity index (χ0n) is 11.4.